The van der Waals surface area contributed by atoms with Crippen LogP contribution in [-0.4, -0.2) is 62.2 Å². The zero-order valence-electron chi connectivity index (χ0n) is 21.6. The van der Waals surface area contributed by atoms with E-state index >= 15 is 0 Å². The number of fused-ring (bicyclic) bond motifs is 1. The fourth-order valence-electron chi connectivity index (χ4n) is 4.76. The van der Waals surface area contributed by atoms with E-state index in [2.05, 4.69) is 15.1 Å². The minimum Gasteiger partial charge on any atom is -0.340 e. The zero-order valence-corrected chi connectivity index (χ0v) is 22.4. The number of carbonyl (C=O) groups is 1. The summed E-state index contributed by atoms with van der Waals surface area (Å²) in [6.45, 7) is 5.23. The molecular weight excluding hydrogens is 506 g/mol. The molecule has 1 N–H and O–H groups in total. The number of nitrogens with zero attached hydrogens (tertiary/aromatic N) is 6. The highest BCUT2D eigenvalue weighted by Crippen LogP contribution is 2.23. The Bertz CT molecular complexity index is 1610. The number of nitrogens with one attached hydrogen (secondary N) is 1. The quantitative estimate of drug-likeness (QED) is 0.406. The van der Waals surface area contributed by atoms with E-state index in [9.17, 15) is 14.4 Å². The summed E-state index contributed by atoms with van der Waals surface area (Å²) in [7, 11) is 3.12. The van der Waals surface area contributed by atoms with Gasteiger partial charge in [0.25, 0.3) is 5.56 Å². The van der Waals surface area contributed by atoms with E-state index in [1.807, 2.05) is 47.9 Å². The number of imidazole rings is 1. The number of hydrogen-bond acceptors (Lipinski definition) is 6. The molecule has 1 aliphatic heterocycles. The summed E-state index contributed by atoms with van der Waals surface area (Å²) in [6, 6.07) is 15.3. The van der Waals surface area contributed by atoms with Gasteiger partial charge in [0.1, 0.15) is 0 Å². The molecule has 2 aromatic carbocycles. The Labute approximate surface area is 224 Å². The first-order chi connectivity index (χ1) is 18.2. The van der Waals surface area contributed by atoms with Crippen molar-refractivity contribution in [2.45, 2.75) is 13.5 Å². The molecule has 38 heavy (non-hydrogen) atoms. The Morgan fingerprint density at radius 2 is 1.66 bits per heavy atom. The second-order valence-electron chi connectivity index (χ2n) is 9.65. The van der Waals surface area contributed by atoms with Gasteiger partial charge in [-0.05, 0) is 24.6 Å². The van der Waals surface area contributed by atoms with Crippen molar-refractivity contribution in [2.24, 2.45) is 14.1 Å². The van der Waals surface area contributed by atoms with Gasteiger partial charge in [0.05, 0.1) is 23.8 Å². The maximum Gasteiger partial charge on any atom is 0.332 e. The van der Waals surface area contributed by atoms with Crippen LogP contribution in [0.15, 0.2) is 58.1 Å². The first-order valence-corrected chi connectivity index (χ1v) is 12.8. The van der Waals surface area contributed by atoms with E-state index in [0.29, 0.717) is 60.5 Å². The fourth-order valence-corrected chi connectivity index (χ4v) is 4.95. The highest BCUT2D eigenvalue weighted by Gasteiger charge is 2.26. The van der Waals surface area contributed by atoms with Gasteiger partial charge >= 0.3 is 5.69 Å². The Balaban J connectivity index is 1.39. The number of rotatable bonds is 6. The largest absolute Gasteiger partial charge is 0.340 e. The van der Waals surface area contributed by atoms with Crippen LogP contribution in [0.25, 0.3) is 11.2 Å². The number of benzene rings is 2. The van der Waals surface area contributed by atoms with Gasteiger partial charge in [0.15, 0.2) is 11.2 Å². The molecule has 198 valence electrons. The summed E-state index contributed by atoms with van der Waals surface area (Å²) in [5.41, 5.74) is 2.75. The monoisotopic (exact) mass is 535 g/mol. The molecule has 1 amide bonds. The SMILES string of the molecule is Cc1ccc(Cn2c(N3CCN(CC(=O)Nc4ccccc4Cl)CC3)nc3c2c(=O)n(C)c(=O)n3C)cc1. The summed E-state index contributed by atoms with van der Waals surface area (Å²) in [4.78, 5) is 47.4. The van der Waals surface area contributed by atoms with E-state index < -0.39 is 5.69 Å². The van der Waals surface area contributed by atoms with Gasteiger partial charge in [-0.2, -0.15) is 4.98 Å². The van der Waals surface area contributed by atoms with Crippen molar-refractivity contribution in [3.05, 3.63) is 85.5 Å². The van der Waals surface area contributed by atoms with E-state index in [0.717, 1.165) is 15.7 Å². The van der Waals surface area contributed by atoms with Crippen molar-refractivity contribution < 1.29 is 4.79 Å². The van der Waals surface area contributed by atoms with Crippen LogP contribution >= 0.6 is 11.6 Å². The van der Waals surface area contributed by atoms with E-state index in [4.69, 9.17) is 16.6 Å². The zero-order chi connectivity index (χ0) is 27.0. The Morgan fingerprint density at radius 3 is 2.34 bits per heavy atom. The predicted molar refractivity (Wildman–Crippen MR) is 149 cm³/mol. The average molecular weight is 536 g/mol. The Kier molecular flexibility index (Phi) is 7.09. The molecule has 4 aromatic rings. The first kappa shape index (κ1) is 25.7. The molecule has 1 fully saturated rings. The molecule has 0 saturated carbocycles. The number of anilines is 2. The summed E-state index contributed by atoms with van der Waals surface area (Å²) in [5, 5.41) is 3.37. The molecule has 0 atom stereocenters. The Hall–Kier alpha value is -3.89. The predicted octanol–water partition coefficient (Wildman–Crippen LogP) is 2.20. The molecule has 11 heteroatoms. The average Bonchev–Trinajstić information content (AvgIpc) is 3.28. The molecule has 0 unspecified atom stereocenters. The third kappa shape index (κ3) is 4.97. The van der Waals surface area contributed by atoms with Crippen molar-refractivity contribution in [3.63, 3.8) is 0 Å². The number of aromatic nitrogens is 4. The fraction of sp³-hybridized carbons (Fsp3) is 0.333. The number of aryl methyl sites for hydroxylation is 2. The highest BCUT2D eigenvalue weighted by atomic mass is 35.5. The van der Waals surface area contributed by atoms with Crippen LogP contribution in [0.4, 0.5) is 11.6 Å². The molecule has 2 aromatic heterocycles. The van der Waals surface area contributed by atoms with Crippen LogP contribution in [0, 0.1) is 6.92 Å². The van der Waals surface area contributed by atoms with Crippen molar-refractivity contribution >= 4 is 40.3 Å². The van der Waals surface area contributed by atoms with Crippen molar-refractivity contribution in [1.82, 2.24) is 23.6 Å². The minimum absolute atomic E-state index is 0.128. The first-order valence-electron chi connectivity index (χ1n) is 12.5. The lowest BCUT2D eigenvalue weighted by molar-refractivity contribution is -0.117. The second kappa shape index (κ2) is 10.5. The minimum atomic E-state index is -0.414. The molecule has 10 nitrogen and oxygen atoms in total. The lowest BCUT2D eigenvalue weighted by Gasteiger charge is -2.35. The lowest BCUT2D eigenvalue weighted by Crippen LogP contribution is -2.49. The van der Waals surface area contributed by atoms with Crippen LogP contribution in [-0.2, 0) is 25.4 Å². The van der Waals surface area contributed by atoms with Gasteiger partial charge in [-0.15, -0.1) is 0 Å². The number of piperazine rings is 1. The van der Waals surface area contributed by atoms with Gasteiger partial charge in [0.2, 0.25) is 11.9 Å². The lowest BCUT2D eigenvalue weighted by atomic mass is 10.1. The van der Waals surface area contributed by atoms with Gasteiger partial charge in [0, 0.05) is 40.3 Å². The van der Waals surface area contributed by atoms with Crippen LogP contribution < -0.4 is 21.5 Å². The van der Waals surface area contributed by atoms with Crippen molar-refractivity contribution in [2.75, 3.05) is 42.9 Å². The maximum atomic E-state index is 13.2. The molecule has 0 spiro atoms. The normalized spacial score (nSPS) is 14.3. The smallest absolute Gasteiger partial charge is 0.332 e. The number of carbonyl (C=O) groups excluding carboxylic acids is 1. The summed E-state index contributed by atoms with van der Waals surface area (Å²) in [5.74, 6) is 0.510. The molecule has 0 aliphatic carbocycles. The number of hydrogen-bond donors (Lipinski definition) is 1. The van der Waals surface area contributed by atoms with Crippen LogP contribution in [0.1, 0.15) is 11.1 Å². The van der Waals surface area contributed by atoms with Crippen LogP contribution in [0.3, 0.4) is 0 Å². The number of halogens is 1. The van der Waals surface area contributed by atoms with Gasteiger partial charge in [-0.3, -0.25) is 28.2 Å². The van der Waals surface area contributed by atoms with Crippen LogP contribution in [0.2, 0.25) is 5.02 Å². The summed E-state index contributed by atoms with van der Waals surface area (Å²) in [6.07, 6.45) is 0. The van der Waals surface area contributed by atoms with E-state index in [1.54, 1.807) is 19.2 Å². The number of para-hydroxylation sites is 1. The Morgan fingerprint density at radius 1 is 0.974 bits per heavy atom. The van der Waals surface area contributed by atoms with E-state index in [-0.39, 0.29) is 18.0 Å². The third-order valence-corrected chi connectivity index (χ3v) is 7.29. The molecule has 3 heterocycles. The molecule has 0 radical (unpaired) electrons. The van der Waals surface area contributed by atoms with Crippen LogP contribution in [0.5, 0.6) is 0 Å². The molecule has 1 saturated heterocycles. The third-order valence-electron chi connectivity index (χ3n) is 6.96. The second-order valence-corrected chi connectivity index (χ2v) is 10.1. The van der Waals surface area contributed by atoms with Gasteiger partial charge in [-0.25, -0.2) is 4.79 Å². The van der Waals surface area contributed by atoms with Crippen molar-refractivity contribution in [1.29, 1.82) is 0 Å². The van der Waals surface area contributed by atoms with Crippen molar-refractivity contribution in [3.8, 4) is 0 Å². The standard InChI is InChI=1S/C27H30ClN7O3/c1-18-8-10-19(11-9-18)16-35-23-24(31(2)27(38)32(3)25(23)37)30-26(35)34-14-12-33(13-15-34)17-22(36)29-21-7-5-4-6-20(21)28/h4-11H,12-17H2,1-3H3,(H,29,36). The molecule has 0 bridgehead atoms. The maximum absolute atomic E-state index is 13.2. The molecule has 1 aliphatic rings. The van der Waals surface area contributed by atoms with Gasteiger partial charge < -0.3 is 10.2 Å². The summed E-state index contributed by atoms with van der Waals surface area (Å²) >= 11 is 6.16. The van der Waals surface area contributed by atoms with Gasteiger partial charge in [-0.1, -0.05) is 53.6 Å². The molecular formula is C27H30ClN7O3. The number of amides is 1. The topological polar surface area (TPSA) is 97.4 Å². The highest BCUT2D eigenvalue weighted by molar-refractivity contribution is 6.33. The summed E-state index contributed by atoms with van der Waals surface area (Å²) < 4.78 is 4.44. The molecule has 5 rings (SSSR count). The van der Waals surface area contributed by atoms with E-state index in [1.165, 1.54) is 11.6 Å².